The summed E-state index contributed by atoms with van der Waals surface area (Å²) in [5.41, 5.74) is -0.184. The van der Waals surface area contributed by atoms with E-state index in [1.165, 1.54) is 0 Å². The normalized spacial score (nSPS) is 17.7. The van der Waals surface area contributed by atoms with Crippen LogP contribution < -0.4 is 20.7 Å². The second-order valence-corrected chi connectivity index (χ2v) is 12.7. The Morgan fingerprint density at radius 1 is 0.977 bits per heavy atom. The number of likely N-dealkylation sites (tertiary alicyclic amines) is 1. The molecule has 0 unspecified atom stereocenters. The van der Waals surface area contributed by atoms with Gasteiger partial charge in [0.25, 0.3) is 0 Å². The summed E-state index contributed by atoms with van der Waals surface area (Å²) in [6, 6.07) is 20.2. The van der Waals surface area contributed by atoms with E-state index in [1.807, 2.05) is 54.6 Å². The first kappa shape index (κ1) is 31.0. The highest BCUT2D eigenvalue weighted by Crippen LogP contribution is 2.31. The van der Waals surface area contributed by atoms with E-state index in [9.17, 15) is 14.4 Å². The first-order valence-corrected chi connectivity index (χ1v) is 16.2. The van der Waals surface area contributed by atoms with E-state index in [0.717, 1.165) is 66.1 Å². The smallest absolute Gasteiger partial charge is 0.410 e. The lowest BCUT2D eigenvalue weighted by Crippen LogP contribution is -2.61. The van der Waals surface area contributed by atoms with Crippen molar-refractivity contribution in [1.29, 1.82) is 0 Å². The van der Waals surface area contributed by atoms with Gasteiger partial charge < -0.3 is 25.6 Å². The topological polar surface area (TPSA) is 99.8 Å². The number of hydrogen-bond acceptors (Lipinski definition) is 5. The van der Waals surface area contributed by atoms with E-state index in [1.54, 1.807) is 12.1 Å². The summed E-state index contributed by atoms with van der Waals surface area (Å²) in [6.07, 6.45) is 4.33. The minimum Gasteiger partial charge on any atom is -0.410 e. The van der Waals surface area contributed by atoms with Gasteiger partial charge in [-0.1, -0.05) is 78.2 Å². The van der Waals surface area contributed by atoms with Crippen molar-refractivity contribution in [3.05, 3.63) is 76.8 Å². The number of ether oxygens (including phenoxy) is 1. The van der Waals surface area contributed by atoms with E-state index in [-0.39, 0.29) is 11.8 Å². The summed E-state index contributed by atoms with van der Waals surface area (Å²) in [4.78, 5) is 42.9. The molecule has 0 aromatic heterocycles. The fraction of sp³-hybridized carbons (Fsp3) is 0.441. The highest BCUT2D eigenvalue weighted by molar-refractivity contribution is 9.10. The zero-order valence-corrected chi connectivity index (χ0v) is 26.3. The van der Waals surface area contributed by atoms with Gasteiger partial charge in [0.15, 0.2) is 0 Å². The fourth-order valence-corrected chi connectivity index (χ4v) is 6.58. The third-order valence-electron chi connectivity index (χ3n) is 8.84. The SMILES string of the molecule is CCN1CCC(CNC(=O)[C@@H](Cc2ccccc2)NC(=O)C2(NC(=O)Oc3ccc4cc(Br)ccc4c3)CCCC2)CC1. The van der Waals surface area contributed by atoms with Crippen molar-refractivity contribution in [2.24, 2.45) is 5.92 Å². The number of carbonyl (C=O) groups is 3. The molecule has 0 radical (unpaired) electrons. The van der Waals surface area contributed by atoms with Crippen LogP contribution >= 0.6 is 15.9 Å². The van der Waals surface area contributed by atoms with E-state index >= 15 is 0 Å². The van der Waals surface area contributed by atoms with E-state index in [0.29, 0.717) is 37.5 Å². The minimum absolute atomic E-state index is 0.200. The molecule has 1 saturated carbocycles. The molecular weight excluding hydrogens is 608 g/mol. The molecule has 2 aliphatic rings. The van der Waals surface area contributed by atoms with Crippen LogP contribution in [0.25, 0.3) is 10.8 Å². The average molecular weight is 650 g/mol. The number of nitrogens with one attached hydrogen (secondary N) is 3. The molecule has 1 saturated heterocycles. The molecule has 2 fully saturated rings. The van der Waals surface area contributed by atoms with E-state index < -0.39 is 17.7 Å². The van der Waals surface area contributed by atoms with Crippen LogP contribution in [0.1, 0.15) is 51.0 Å². The molecule has 3 N–H and O–H groups in total. The molecule has 3 amide bonds. The monoisotopic (exact) mass is 648 g/mol. The minimum atomic E-state index is -1.14. The first-order chi connectivity index (χ1) is 20.8. The van der Waals surface area contributed by atoms with E-state index in [2.05, 4.69) is 43.7 Å². The van der Waals surface area contributed by atoms with Crippen molar-refractivity contribution in [2.75, 3.05) is 26.2 Å². The number of carbonyl (C=O) groups excluding carboxylic acids is 3. The second-order valence-electron chi connectivity index (χ2n) is 11.8. The number of nitrogens with zero attached hydrogens (tertiary/aromatic N) is 1. The lowest BCUT2D eigenvalue weighted by Gasteiger charge is -2.32. The highest BCUT2D eigenvalue weighted by atomic mass is 79.9. The lowest BCUT2D eigenvalue weighted by molar-refractivity contribution is -0.132. The van der Waals surface area contributed by atoms with Gasteiger partial charge in [0.1, 0.15) is 17.3 Å². The molecule has 1 atom stereocenters. The van der Waals surface area contributed by atoms with Gasteiger partial charge in [-0.3, -0.25) is 9.59 Å². The molecule has 228 valence electrons. The van der Waals surface area contributed by atoms with Crippen molar-refractivity contribution >= 4 is 44.6 Å². The van der Waals surface area contributed by atoms with Gasteiger partial charge in [-0.25, -0.2) is 4.79 Å². The molecule has 1 aliphatic heterocycles. The van der Waals surface area contributed by atoms with E-state index in [4.69, 9.17) is 4.74 Å². The Kier molecular flexibility index (Phi) is 10.4. The Labute approximate surface area is 262 Å². The Morgan fingerprint density at radius 2 is 1.67 bits per heavy atom. The van der Waals surface area contributed by atoms with Crippen LogP contribution in [0.4, 0.5) is 4.79 Å². The predicted molar refractivity (Wildman–Crippen MR) is 172 cm³/mol. The number of piperidine rings is 1. The molecule has 1 aliphatic carbocycles. The Bertz CT molecular complexity index is 1420. The van der Waals surface area contributed by atoms with Crippen molar-refractivity contribution < 1.29 is 19.1 Å². The summed E-state index contributed by atoms with van der Waals surface area (Å²) >= 11 is 3.47. The van der Waals surface area contributed by atoms with Crippen LogP contribution in [0.3, 0.4) is 0 Å². The number of rotatable bonds is 10. The molecule has 1 heterocycles. The Morgan fingerprint density at radius 3 is 2.40 bits per heavy atom. The quantitative estimate of drug-likeness (QED) is 0.267. The molecule has 3 aromatic carbocycles. The number of benzene rings is 3. The highest BCUT2D eigenvalue weighted by Gasteiger charge is 2.44. The summed E-state index contributed by atoms with van der Waals surface area (Å²) < 4.78 is 6.60. The average Bonchev–Trinajstić information content (AvgIpc) is 3.50. The molecular formula is C34H41BrN4O4. The van der Waals surface area contributed by atoms with Crippen molar-refractivity contribution in [3.8, 4) is 5.75 Å². The van der Waals surface area contributed by atoms with Crippen molar-refractivity contribution in [2.45, 2.75) is 63.5 Å². The summed E-state index contributed by atoms with van der Waals surface area (Å²) in [7, 11) is 0. The molecule has 0 bridgehead atoms. The van der Waals surface area contributed by atoms with Crippen LogP contribution in [0.5, 0.6) is 5.75 Å². The third kappa shape index (κ3) is 8.15. The van der Waals surface area contributed by atoms with Crippen molar-refractivity contribution in [3.63, 3.8) is 0 Å². The van der Waals surface area contributed by atoms with Crippen LogP contribution in [0.15, 0.2) is 71.2 Å². The maximum atomic E-state index is 13.9. The summed E-state index contributed by atoms with van der Waals surface area (Å²) in [5.74, 6) is 0.271. The van der Waals surface area contributed by atoms with Crippen LogP contribution in [0.2, 0.25) is 0 Å². The second kappa shape index (κ2) is 14.4. The molecule has 8 nitrogen and oxygen atoms in total. The number of hydrogen-bond donors (Lipinski definition) is 3. The van der Waals surface area contributed by atoms with Crippen LogP contribution in [-0.4, -0.2) is 60.6 Å². The van der Waals surface area contributed by atoms with Gasteiger partial charge in [0.05, 0.1) is 0 Å². The number of amides is 3. The molecule has 43 heavy (non-hydrogen) atoms. The Hall–Kier alpha value is -3.43. The first-order valence-electron chi connectivity index (χ1n) is 15.4. The largest absolute Gasteiger partial charge is 0.413 e. The predicted octanol–water partition coefficient (Wildman–Crippen LogP) is 5.58. The van der Waals surface area contributed by atoms with Crippen LogP contribution in [-0.2, 0) is 16.0 Å². The fourth-order valence-electron chi connectivity index (χ4n) is 6.20. The number of halogens is 1. The molecule has 9 heteroatoms. The Balaban J connectivity index is 1.25. The maximum absolute atomic E-state index is 13.9. The summed E-state index contributed by atoms with van der Waals surface area (Å²) in [6.45, 7) is 5.91. The van der Waals surface area contributed by atoms with Gasteiger partial charge in [0.2, 0.25) is 11.8 Å². The van der Waals surface area contributed by atoms with Gasteiger partial charge in [0, 0.05) is 17.4 Å². The zero-order valence-electron chi connectivity index (χ0n) is 24.7. The van der Waals surface area contributed by atoms with Gasteiger partial charge in [-0.15, -0.1) is 0 Å². The van der Waals surface area contributed by atoms with Gasteiger partial charge in [-0.2, -0.15) is 0 Å². The van der Waals surface area contributed by atoms with Gasteiger partial charge in [-0.05, 0) is 91.8 Å². The third-order valence-corrected chi connectivity index (χ3v) is 9.33. The standard InChI is InChI=1S/C34H41BrN4O4/c1-2-39-18-14-25(15-19-39)23-36-31(40)30(20-24-8-4-3-5-9-24)37-32(41)34(16-6-7-17-34)38-33(42)43-29-13-11-26-21-28(35)12-10-27(26)22-29/h3-5,8-13,21-22,25,30H,2,6-7,14-20,23H2,1H3,(H,36,40)(H,37,41)(H,38,42)/t30-/m1/s1. The zero-order chi connectivity index (χ0) is 30.2. The lowest BCUT2D eigenvalue weighted by atomic mass is 9.94. The molecule has 5 rings (SSSR count). The van der Waals surface area contributed by atoms with Crippen LogP contribution in [0, 0.1) is 5.92 Å². The molecule has 0 spiro atoms. The van der Waals surface area contributed by atoms with Crippen molar-refractivity contribution in [1.82, 2.24) is 20.9 Å². The maximum Gasteiger partial charge on any atom is 0.413 e. The molecule has 3 aromatic rings. The summed E-state index contributed by atoms with van der Waals surface area (Å²) in [5, 5.41) is 11.0. The number of fused-ring (bicyclic) bond motifs is 1. The van der Waals surface area contributed by atoms with Gasteiger partial charge >= 0.3 is 6.09 Å².